The summed E-state index contributed by atoms with van der Waals surface area (Å²) in [5.74, 6) is 2.46. The van der Waals surface area contributed by atoms with Crippen molar-refractivity contribution < 1.29 is 0 Å². The van der Waals surface area contributed by atoms with Gasteiger partial charge in [0.15, 0.2) is 5.96 Å². The number of likely N-dealkylation sites (tertiary alicyclic amines) is 1. The van der Waals surface area contributed by atoms with E-state index in [1.165, 1.54) is 32.5 Å². The molecule has 1 heterocycles. The molecule has 1 aliphatic heterocycles. The molecule has 0 aromatic carbocycles. The Hall–Kier alpha value is 0.310. The number of piperidine rings is 1. The lowest BCUT2D eigenvalue weighted by molar-refractivity contribution is 0.159. The fourth-order valence-electron chi connectivity index (χ4n) is 2.92. The average Bonchev–Trinajstić information content (AvgIpc) is 2.50. The first-order valence-corrected chi connectivity index (χ1v) is 10.4. The quantitative estimate of drug-likeness (QED) is 0.323. The lowest BCUT2D eigenvalue weighted by Crippen LogP contribution is -2.45. The van der Waals surface area contributed by atoms with Crippen molar-refractivity contribution in [3.8, 4) is 0 Å². The van der Waals surface area contributed by atoms with Gasteiger partial charge in [-0.15, -0.1) is 24.0 Å². The molecule has 1 atom stereocenters. The molecule has 0 radical (unpaired) electrons. The zero-order valence-corrected chi connectivity index (χ0v) is 19.7. The minimum absolute atomic E-state index is 0. The number of halogens is 1. The van der Waals surface area contributed by atoms with Gasteiger partial charge in [-0.05, 0) is 58.2 Å². The van der Waals surface area contributed by atoms with Crippen LogP contribution in [0, 0.1) is 11.8 Å². The summed E-state index contributed by atoms with van der Waals surface area (Å²) in [5.41, 5.74) is 0. The minimum atomic E-state index is 0. The van der Waals surface area contributed by atoms with E-state index in [2.05, 4.69) is 56.4 Å². The van der Waals surface area contributed by atoms with Gasteiger partial charge in [0.2, 0.25) is 0 Å². The van der Waals surface area contributed by atoms with E-state index >= 15 is 0 Å². The Bertz CT molecular complexity index is 361. The van der Waals surface area contributed by atoms with Gasteiger partial charge in [-0.3, -0.25) is 4.99 Å². The highest BCUT2D eigenvalue weighted by atomic mass is 127. The minimum Gasteiger partial charge on any atom is -0.357 e. The van der Waals surface area contributed by atoms with Gasteiger partial charge in [0.25, 0.3) is 0 Å². The largest absolute Gasteiger partial charge is 0.357 e. The van der Waals surface area contributed by atoms with Crippen LogP contribution < -0.4 is 10.6 Å². The summed E-state index contributed by atoms with van der Waals surface area (Å²) in [4.78, 5) is 7.39. The molecule has 2 N–H and O–H groups in total. The number of aliphatic imine (C=N–C) groups is 1. The maximum absolute atomic E-state index is 4.77. The molecule has 144 valence electrons. The highest BCUT2D eigenvalue weighted by Gasteiger charge is 2.21. The lowest BCUT2D eigenvalue weighted by atomic mass is 9.97. The van der Waals surface area contributed by atoms with Gasteiger partial charge in [-0.2, -0.15) is 11.8 Å². The summed E-state index contributed by atoms with van der Waals surface area (Å²) >= 11 is 1.87. The van der Waals surface area contributed by atoms with Gasteiger partial charge >= 0.3 is 0 Å². The Kier molecular flexibility index (Phi) is 12.8. The second-order valence-corrected chi connectivity index (χ2v) is 9.21. The van der Waals surface area contributed by atoms with Crippen LogP contribution in [0.3, 0.4) is 0 Å². The molecule has 1 unspecified atom stereocenters. The van der Waals surface area contributed by atoms with Crippen LogP contribution in [-0.4, -0.2) is 61.1 Å². The van der Waals surface area contributed by atoms with Gasteiger partial charge in [0.1, 0.15) is 0 Å². The fourth-order valence-corrected chi connectivity index (χ4v) is 3.11. The predicted molar refractivity (Wildman–Crippen MR) is 121 cm³/mol. The normalized spacial score (nSPS) is 20.0. The number of nitrogens with zero attached hydrogens (tertiary/aromatic N) is 2. The number of hydrogen-bond donors (Lipinski definition) is 2. The molecule has 0 saturated carbocycles. The van der Waals surface area contributed by atoms with E-state index in [-0.39, 0.29) is 28.7 Å². The molecular weight excluding hydrogens is 431 g/mol. The van der Waals surface area contributed by atoms with Crippen LogP contribution in [0.5, 0.6) is 0 Å². The molecule has 1 aliphatic rings. The van der Waals surface area contributed by atoms with Crippen LogP contribution >= 0.6 is 35.7 Å². The Morgan fingerprint density at radius 3 is 2.62 bits per heavy atom. The van der Waals surface area contributed by atoms with E-state index in [0.29, 0.717) is 0 Å². The molecule has 6 heteroatoms. The van der Waals surface area contributed by atoms with Crippen LogP contribution in [0.4, 0.5) is 0 Å². The van der Waals surface area contributed by atoms with E-state index in [9.17, 15) is 0 Å². The highest BCUT2D eigenvalue weighted by molar-refractivity contribution is 14.0. The summed E-state index contributed by atoms with van der Waals surface area (Å²) < 4.78 is 0.196. The van der Waals surface area contributed by atoms with Crippen LogP contribution in [0.1, 0.15) is 47.5 Å². The lowest BCUT2D eigenvalue weighted by Gasteiger charge is -2.34. The highest BCUT2D eigenvalue weighted by Crippen LogP contribution is 2.21. The van der Waals surface area contributed by atoms with Gasteiger partial charge < -0.3 is 15.5 Å². The molecule has 1 fully saturated rings. The Labute approximate surface area is 171 Å². The van der Waals surface area contributed by atoms with Gasteiger partial charge in [0, 0.05) is 30.9 Å². The van der Waals surface area contributed by atoms with E-state index in [1.807, 2.05) is 11.8 Å². The van der Waals surface area contributed by atoms with Crippen molar-refractivity contribution in [2.24, 2.45) is 16.8 Å². The van der Waals surface area contributed by atoms with Crippen LogP contribution in [-0.2, 0) is 0 Å². The smallest absolute Gasteiger partial charge is 0.191 e. The van der Waals surface area contributed by atoms with Gasteiger partial charge in [0.05, 0.1) is 6.54 Å². The molecular formula is C18H39IN4S. The molecule has 0 aromatic rings. The maximum Gasteiger partial charge on any atom is 0.191 e. The fraction of sp³-hybridized carbons (Fsp3) is 0.944. The molecule has 4 nitrogen and oxygen atoms in total. The van der Waals surface area contributed by atoms with Crippen molar-refractivity contribution in [1.29, 1.82) is 0 Å². The maximum atomic E-state index is 4.77. The van der Waals surface area contributed by atoms with E-state index in [1.54, 1.807) is 0 Å². The third-order valence-electron chi connectivity index (χ3n) is 4.30. The molecule has 24 heavy (non-hydrogen) atoms. The number of rotatable bonds is 8. The molecule has 0 aromatic heterocycles. The van der Waals surface area contributed by atoms with Crippen molar-refractivity contribution in [2.45, 2.75) is 52.2 Å². The Morgan fingerprint density at radius 2 is 2.04 bits per heavy atom. The Morgan fingerprint density at radius 1 is 1.33 bits per heavy atom. The summed E-state index contributed by atoms with van der Waals surface area (Å²) in [7, 11) is 0. The first-order valence-electron chi connectivity index (χ1n) is 9.16. The average molecular weight is 471 g/mol. The first-order chi connectivity index (χ1) is 10.9. The zero-order chi connectivity index (χ0) is 17.3. The molecule has 0 aliphatic carbocycles. The van der Waals surface area contributed by atoms with Crippen molar-refractivity contribution in [3.05, 3.63) is 0 Å². The van der Waals surface area contributed by atoms with Crippen LogP contribution in [0.2, 0.25) is 0 Å². The van der Waals surface area contributed by atoms with Crippen molar-refractivity contribution >= 4 is 41.7 Å². The second kappa shape index (κ2) is 12.6. The molecule has 0 spiro atoms. The number of hydrogen-bond acceptors (Lipinski definition) is 3. The first kappa shape index (κ1) is 24.3. The molecule has 0 amide bonds. The standard InChI is InChI=1S/C18H38N4S.HI/c1-7-19-17(21-14-18(4,5)23-6)20-11-16-9-8-10-22(13-16)12-15(2)3;/h15-16H,7-14H2,1-6H3,(H2,19,20,21);1H. The van der Waals surface area contributed by atoms with Crippen molar-refractivity contribution in [3.63, 3.8) is 0 Å². The summed E-state index contributed by atoms with van der Waals surface area (Å²) in [6, 6.07) is 0. The third kappa shape index (κ3) is 10.3. The second-order valence-electron chi connectivity index (χ2n) is 7.70. The summed E-state index contributed by atoms with van der Waals surface area (Å²) in [5, 5.41) is 6.94. The van der Waals surface area contributed by atoms with Gasteiger partial charge in [-0.25, -0.2) is 0 Å². The van der Waals surface area contributed by atoms with Crippen LogP contribution in [0.15, 0.2) is 4.99 Å². The van der Waals surface area contributed by atoms with E-state index in [0.717, 1.165) is 37.4 Å². The van der Waals surface area contributed by atoms with E-state index < -0.39 is 0 Å². The van der Waals surface area contributed by atoms with Crippen LogP contribution in [0.25, 0.3) is 0 Å². The molecule has 1 rings (SSSR count). The molecule has 0 bridgehead atoms. The number of nitrogens with one attached hydrogen (secondary N) is 2. The topological polar surface area (TPSA) is 39.7 Å². The number of thioether (sulfide) groups is 1. The van der Waals surface area contributed by atoms with Crippen molar-refractivity contribution in [2.75, 3.05) is 45.5 Å². The molecule has 1 saturated heterocycles. The monoisotopic (exact) mass is 470 g/mol. The summed E-state index contributed by atoms with van der Waals surface area (Å²) in [6.07, 6.45) is 4.81. The summed E-state index contributed by atoms with van der Waals surface area (Å²) in [6.45, 7) is 17.7. The van der Waals surface area contributed by atoms with Crippen molar-refractivity contribution in [1.82, 2.24) is 15.5 Å². The zero-order valence-electron chi connectivity index (χ0n) is 16.5. The Balaban J connectivity index is 0.00000529. The third-order valence-corrected chi connectivity index (χ3v) is 5.53. The predicted octanol–water partition coefficient (Wildman–Crippen LogP) is 3.67. The SMILES string of the molecule is CCNC(=NCC(C)(C)SC)NCC1CCCN(CC(C)C)C1.I. The number of guanidine groups is 1. The van der Waals surface area contributed by atoms with Gasteiger partial charge in [-0.1, -0.05) is 13.8 Å². The van der Waals surface area contributed by atoms with E-state index in [4.69, 9.17) is 4.99 Å².